The van der Waals surface area contributed by atoms with E-state index >= 15 is 0 Å². The summed E-state index contributed by atoms with van der Waals surface area (Å²) in [5.74, 6) is -0.0187. The Bertz CT molecular complexity index is 849. The molecule has 0 bridgehead atoms. The van der Waals surface area contributed by atoms with Gasteiger partial charge in [0.25, 0.3) is 0 Å². The van der Waals surface area contributed by atoms with Gasteiger partial charge in [-0.3, -0.25) is 14.9 Å². The summed E-state index contributed by atoms with van der Waals surface area (Å²) < 4.78 is 10.4. The lowest BCUT2D eigenvalue weighted by atomic mass is 10.1. The van der Waals surface area contributed by atoms with E-state index in [0.717, 1.165) is 0 Å². The molecule has 9 heteroatoms. The molecule has 0 radical (unpaired) electrons. The van der Waals surface area contributed by atoms with Crippen LogP contribution in [0.4, 0.5) is 5.69 Å². The van der Waals surface area contributed by atoms with Crippen molar-refractivity contribution in [2.24, 2.45) is 5.10 Å². The molecule has 0 saturated heterocycles. The third kappa shape index (κ3) is 5.43. The lowest BCUT2D eigenvalue weighted by molar-refractivity contribution is -0.385. The van der Waals surface area contributed by atoms with Gasteiger partial charge in [0.15, 0.2) is 5.75 Å². The summed E-state index contributed by atoms with van der Waals surface area (Å²) in [6.07, 6.45) is 1.36. The first-order valence-corrected chi connectivity index (χ1v) is 8.03. The van der Waals surface area contributed by atoms with Crippen molar-refractivity contribution in [2.75, 3.05) is 13.7 Å². The molecule has 0 unspecified atom stereocenters. The van der Waals surface area contributed by atoms with Gasteiger partial charge in [0.1, 0.15) is 5.75 Å². The summed E-state index contributed by atoms with van der Waals surface area (Å²) in [6.45, 7) is 2.05. The van der Waals surface area contributed by atoms with Gasteiger partial charge >= 0.3 is 5.69 Å². The second kappa shape index (κ2) is 9.18. The molecule has 0 aliphatic heterocycles. The average molecular weight is 373 g/mol. The molecule has 0 atom stereocenters. The van der Waals surface area contributed by atoms with E-state index < -0.39 is 4.92 Å². The molecule has 2 aromatic rings. The van der Waals surface area contributed by atoms with Crippen LogP contribution >= 0.6 is 0 Å². The van der Waals surface area contributed by atoms with Crippen molar-refractivity contribution in [3.05, 3.63) is 57.6 Å². The van der Waals surface area contributed by atoms with Crippen LogP contribution in [0.25, 0.3) is 0 Å². The van der Waals surface area contributed by atoms with E-state index in [4.69, 9.17) is 9.47 Å². The minimum atomic E-state index is -0.581. The zero-order valence-corrected chi connectivity index (χ0v) is 14.8. The van der Waals surface area contributed by atoms with Gasteiger partial charge in [0.2, 0.25) is 11.7 Å². The summed E-state index contributed by atoms with van der Waals surface area (Å²) >= 11 is 0. The molecule has 9 nitrogen and oxygen atoms in total. The summed E-state index contributed by atoms with van der Waals surface area (Å²) in [7, 11) is 1.32. The van der Waals surface area contributed by atoms with Crippen LogP contribution < -0.4 is 14.9 Å². The molecular formula is C18H19N3O6. The molecule has 0 fully saturated rings. The number of nitrogens with one attached hydrogen (secondary N) is 1. The fraction of sp³-hybridized carbons (Fsp3) is 0.222. The van der Waals surface area contributed by atoms with Crippen LogP contribution in [0, 0.1) is 10.1 Å². The summed E-state index contributed by atoms with van der Waals surface area (Å²) in [5, 5.41) is 24.3. The predicted molar refractivity (Wildman–Crippen MR) is 98.4 cm³/mol. The summed E-state index contributed by atoms with van der Waals surface area (Å²) in [5.41, 5.74) is 3.16. The smallest absolute Gasteiger partial charge is 0.315 e. The maximum atomic E-state index is 11.9. The number of aromatic hydroxyl groups is 1. The van der Waals surface area contributed by atoms with Crippen LogP contribution in [-0.2, 0) is 11.2 Å². The minimum Gasteiger partial charge on any atom is -0.508 e. The van der Waals surface area contributed by atoms with E-state index in [9.17, 15) is 20.0 Å². The Morgan fingerprint density at radius 3 is 2.63 bits per heavy atom. The van der Waals surface area contributed by atoms with Gasteiger partial charge in [-0.05, 0) is 30.7 Å². The highest BCUT2D eigenvalue weighted by Gasteiger charge is 2.21. The number of methoxy groups -OCH3 is 1. The molecule has 0 aromatic heterocycles. The number of carbonyl (C=O) groups is 1. The predicted octanol–water partition coefficient (Wildman–Crippen LogP) is 2.40. The van der Waals surface area contributed by atoms with Crippen LogP contribution in [0.3, 0.4) is 0 Å². The maximum absolute atomic E-state index is 11.9. The molecule has 2 N–H and O–H groups in total. The number of nitro benzene ring substituents is 1. The van der Waals surface area contributed by atoms with Crippen molar-refractivity contribution >= 4 is 17.8 Å². The highest BCUT2D eigenvalue weighted by atomic mass is 16.6. The molecule has 2 aromatic carbocycles. The van der Waals surface area contributed by atoms with Gasteiger partial charge in [-0.2, -0.15) is 5.10 Å². The van der Waals surface area contributed by atoms with Crippen LogP contribution in [0.15, 0.2) is 41.5 Å². The zero-order valence-electron chi connectivity index (χ0n) is 14.8. The van der Waals surface area contributed by atoms with E-state index in [2.05, 4.69) is 10.5 Å². The van der Waals surface area contributed by atoms with Crippen LogP contribution in [0.1, 0.15) is 18.1 Å². The Morgan fingerprint density at radius 1 is 1.33 bits per heavy atom. The molecule has 27 heavy (non-hydrogen) atoms. The Labute approximate surface area is 155 Å². The van der Waals surface area contributed by atoms with Crippen molar-refractivity contribution in [2.45, 2.75) is 13.3 Å². The molecule has 0 spiro atoms. The molecule has 142 valence electrons. The molecule has 2 rings (SSSR count). The normalized spacial score (nSPS) is 10.6. The largest absolute Gasteiger partial charge is 0.508 e. The van der Waals surface area contributed by atoms with Gasteiger partial charge in [0, 0.05) is 11.6 Å². The van der Waals surface area contributed by atoms with Gasteiger partial charge in [-0.15, -0.1) is 0 Å². The second-order valence-electron chi connectivity index (χ2n) is 5.40. The third-order valence-corrected chi connectivity index (χ3v) is 3.46. The van der Waals surface area contributed by atoms with Crippen LogP contribution in [0.5, 0.6) is 17.2 Å². The minimum absolute atomic E-state index is 0.0235. The number of hydrogen-bond acceptors (Lipinski definition) is 7. The number of phenols is 1. The first kappa shape index (κ1) is 19.7. The van der Waals surface area contributed by atoms with Crippen molar-refractivity contribution in [1.82, 2.24) is 5.43 Å². The standard InChI is InChI=1S/C18H19N3O6/c1-3-27-16-9-13(8-15(21(24)25)18(16)26-2)11-19-20-17(23)10-12-4-6-14(22)7-5-12/h4-9,11,22H,3,10H2,1-2H3,(H,20,23)/b19-11-. The zero-order chi connectivity index (χ0) is 19.8. The Hall–Kier alpha value is -3.62. The maximum Gasteiger partial charge on any atom is 0.315 e. The van der Waals surface area contributed by atoms with E-state index in [1.807, 2.05) is 0 Å². The van der Waals surface area contributed by atoms with E-state index in [0.29, 0.717) is 17.7 Å². The lowest BCUT2D eigenvalue weighted by Gasteiger charge is -2.10. The fourth-order valence-corrected chi connectivity index (χ4v) is 2.30. The molecule has 1 amide bonds. The van der Waals surface area contributed by atoms with Crippen molar-refractivity contribution in [1.29, 1.82) is 0 Å². The number of carbonyl (C=O) groups excluding carboxylic acids is 1. The molecule has 0 aliphatic carbocycles. The van der Waals surface area contributed by atoms with Crippen LogP contribution in [0.2, 0.25) is 0 Å². The van der Waals surface area contributed by atoms with Gasteiger partial charge in [-0.25, -0.2) is 5.43 Å². The average Bonchev–Trinajstić information content (AvgIpc) is 2.63. The van der Waals surface area contributed by atoms with Crippen molar-refractivity contribution in [3.8, 4) is 17.2 Å². The van der Waals surface area contributed by atoms with E-state index in [1.54, 1.807) is 19.1 Å². The number of rotatable bonds is 8. The van der Waals surface area contributed by atoms with Crippen LogP contribution in [-0.4, -0.2) is 35.9 Å². The van der Waals surface area contributed by atoms with Gasteiger partial charge in [-0.1, -0.05) is 12.1 Å². The van der Waals surface area contributed by atoms with Gasteiger partial charge in [0.05, 0.1) is 31.3 Å². The van der Waals surface area contributed by atoms with E-state index in [1.165, 1.54) is 37.6 Å². The molecular weight excluding hydrogens is 354 g/mol. The number of phenolic OH excluding ortho intramolecular Hbond substituents is 1. The highest BCUT2D eigenvalue weighted by molar-refractivity contribution is 5.85. The summed E-state index contributed by atoms with van der Waals surface area (Å²) in [4.78, 5) is 22.5. The number of nitro groups is 1. The second-order valence-corrected chi connectivity index (χ2v) is 5.40. The first-order valence-electron chi connectivity index (χ1n) is 8.03. The Balaban J connectivity index is 2.12. The monoisotopic (exact) mass is 373 g/mol. The quantitative estimate of drug-likeness (QED) is 0.416. The SMILES string of the molecule is CCOc1cc(/C=N\NC(=O)Cc2ccc(O)cc2)cc([N+](=O)[O-])c1OC. The topological polar surface area (TPSA) is 123 Å². The van der Waals surface area contributed by atoms with Gasteiger partial charge < -0.3 is 14.6 Å². The first-order chi connectivity index (χ1) is 12.9. The third-order valence-electron chi connectivity index (χ3n) is 3.46. The van der Waals surface area contributed by atoms with Crippen molar-refractivity contribution in [3.63, 3.8) is 0 Å². The highest BCUT2D eigenvalue weighted by Crippen LogP contribution is 2.37. The van der Waals surface area contributed by atoms with E-state index in [-0.39, 0.29) is 35.3 Å². The fourth-order valence-electron chi connectivity index (χ4n) is 2.30. The number of hydrazone groups is 1. The van der Waals surface area contributed by atoms with Crippen molar-refractivity contribution < 1.29 is 24.3 Å². The molecule has 0 heterocycles. The number of nitrogens with zero attached hydrogens (tertiary/aromatic N) is 2. The number of amides is 1. The summed E-state index contributed by atoms with van der Waals surface area (Å²) in [6, 6.07) is 9.02. The Morgan fingerprint density at radius 2 is 2.04 bits per heavy atom. The lowest BCUT2D eigenvalue weighted by Crippen LogP contribution is -2.19. The number of hydrogen-bond donors (Lipinski definition) is 2. The number of ether oxygens (including phenoxy) is 2. The Kier molecular flexibility index (Phi) is 6.70. The number of benzene rings is 2. The molecule has 0 aliphatic rings. The molecule has 0 saturated carbocycles.